The van der Waals surface area contributed by atoms with Gasteiger partial charge in [-0.05, 0) is 26.1 Å². The Bertz CT molecular complexity index is 739. The van der Waals surface area contributed by atoms with E-state index in [0.717, 1.165) is 6.42 Å². The van der Waals surface area contributed by atoms with Gasteiger partial charge in [-0.1, -0.05) is 16.4 Å². The van der Waals surface area contributed by atoms with Gasteiger partial charge in [0.15, 0.2) is 5.82 Å². The summed E-state index contributed by atoms with van der Waals surface area (Å²) in [4.78, 5) is 12.9. The third-order valence-electron chi connectivity index (χ3n) is 3.41. The average molecular weight is 314 g/mol. The maximum atomic E-state index is 5.23. The zero-order valence-electron chi connectivity index (χ0n) is 13.1. The fourth-order valence-corrected chi connectivity index (χ4v) is 2.02. The molecule has 8 nitrogen and oxygen atoms in total. The van der Waals surface area contributed by atoms with Crippen molar-refractivity contribution in [3.8, 4) is 11.5 Å². The van der Waals surface area contributed by atoms with Gasteiger partial charge in [0.2, 0.25) is 17.6 Å². The minimum atomic E-state index is 0.303. The first kappa shape index (κ1) is 15.3. The summed E-state index contributed by atoms with van der Waals surface area (Å²) in [5.74, 6) is 2.27. The van der Waals surface area contributed by atoms with E-state index in [4.69, 9.17) is 9.05 Å². The molecule has 0 aliphatic rings. The number of aryl methyl sites for hydroxylation is 2. The number of hydrogen-bond acceptors (Lipinski definition) is 8. The molecule has 0 bridgehead atoms. The first-order chi connectivity index (χ1) is 11.2. The van der Waals surface area contributed by atoms with Crippen LogP contribution in [0.25, 0.3) is 11.5 Å². The van der Waals surface area contributed by atoms with E-state index in [2.05, 4.69) is 37.5 Å². The lowest BCUT2D eigenvalue weighted by Crippen LogP contribution is -2.24. The average Bonchev–Trinajstić information content (AvgIpc) is 3.23. The quantitative estimate of drug-likeness (QED) is 0.699. The Morgan fingerprint density at radius 2 is 1.87 bits per heavy atom. The van der Waals surface area contributed by atoms with Gasteiger partial charge >= 0.3 is 0 Å². The van der Waals surface area contributed by atoms with Crippen LogP contribution >= 0.6 is 0 Å². The van der Waals surface area contributed by atoms with Crippen LogP contribution in [-0.4, -0.2) is 38.4 Å². The summed E-state index contributed by atoms with van der Waals surface area (Å²) in [5.41, 5.74) is 0.684. The molecule has 0 amide bonds. The van der Waals surface area contributed by atoms with E-state index in [1.54, 1.807) is 6.20 Å². The molecule has 0 aliphatic carbocycles. The highest BCUT2D eigenvalue weighted by atomic mass is 16.5. The standard InChI is InChI=1S/C15H18N6O2/c1-10(16-2)9-12-18-13(22-20-12)6-7-14-19-15(21-23-14)11-5-3-4-8-17-11/h3-5,8,10,16H,6-7,9H2,1-2H3. The van der Waals surface area contributed by atoms with Crippen molar-refractivity contribution in [3.05, 3.63) is 42.0 Å². The van der Waals surface area contributed by atoms with Gasteiger partial charge in [-0.25, -0.2) is 0 Å². The van der Waals surface area contributed by atoms with E-state index in [-0.39, 0.29) is 0 Å². The number of nitrogens with zero attached hydrogens (tertiary/aromatic N) is 5. The Morgan fingerprint density at radius 3 is 2.61 bits per heavy atom. The van der Waals surface area contributed by atoms with Crippen molar-refractivity contribution in [1.29, 1.82) is 0 Å². The Balaban J connectivity index is 1.58. The number of aromatic nitrogens is 5. The van der Waals surface area contributed by atoms with Crippen LogP contribution in [0.1, 0.15) is 24.5 Å². The van der Waals surface area contributed by atoms with Gasteiger partial charge < -0.3 is 14.4 Å². The Hall–Kier alpha value is -2.61. The van der Waals surface area contributed by atoms with Crippen LogP contribution in [-0.2, 0) is 19.3 Å². The molecule has 1 atom stereocenters. The van der Waals surface area contributed by atoms with Crippen LogP contribution in [0.4, 0.5) is 0 Å². The second-order valence-electron chi connectivity index (χ2n) is 5.22. The maximum Gasteiger partial charge on any atom is 0.227 e. The number of hydrogen-bond donors (Lipinski definition) is 1. The van der Waals surface area contributed by atoms with Crippen molar-refractivity contribution in [1.82, 2.24) is 30.6 Å². The molecule has 0 saturated carbocycles. The summed E-state index contributed by atoms with van der Waals surface area (Å²) >= 11 is 0. The van der Waals surface area contributed by atoms with Crippen molar-refractivity contribution >= 4 is 0 Å². The summed E-state index contributed by atoms with van der Waals surface area (Å²) in [6.45, 7) is 2.06. The number of pyridine rings is 1. The molecule has 0 aromatic carbocycles. The summed E-state index contributed by atoms with van der Waals surface area (Å²) < 4.78 is 10.5. The lowest BCUT2D eigenvalue weighted by molar-refractivity contribution is 0.351. The van der Waals surface area contributed by atoms with Crippen LogP contribution in [0.3, 0.4) is 0 Å². The lowest BCUT2D eigenvalue weighted by atomic mass is 10.2. The molecular weight excluding hydrogens is 296 g/mol. The normalized spacial score (nSPS) is 12.4. The zero-order valence-corrected chi connectivity index (χ0v) is 13.1. The maximum absolute atomic E-state index is 5.23. The molecule has 0 radical (unpaired) electrons. The molecule has 3 aromatic heterocycles. The monoisotopic (exact) mass is 314 g/mol. The molecule has 3 aromatic rings. The van der Waals surface area contributed by atoms with Crippen LogP contribution in [0.5, 0.6) is 0 Å². The smallest absolute Gasteiger partial charge is 0.227 e. The summed E-state index contributed by atoms with van der Waals surface area (Å²) in [6.07, 6.45) is 3.52. The van der Waals surface area contributed by atoms with Crippen LogP contribution in [0.15, 0.2) is 33.4 Å². The fourth-order valence-electron chi connectivity index (χ4n) is 2.02. The molecule has 0 fully saturated rings. The molecular formula is C15H18N6O2. The largest absolute Gasteiger partial charge is 0.339 e. The molecule has 3 rings (SSSR count). The summed E-state index contributed by atoms with van der Waals surface area (Å²) in [5, 5.41) is 11.0. The second-order valence-corrected chi connectivity index (χ2v) is 5.22. The molecule has 1 unspecified atom stereocenters. The third kappa shape index (κ3) is 3.98. The molecule has 0 aliphatic heterocycles. The van der Waals surface area contributed by atoms with Gasteiger partial charge in [0.05, 0.1) is 0 Å². The Labute approximate surface area is 133 Å². The molecule has 23 heavy (non-hydrogen) atoms. The van der Waals surface area contributed by atoms with Crippen LogP contribution in [0.2, 0.25) is 0 Å². The van der Waals surface area contributed by atoms with E-state index < -0.39 is 0 Å². The minimum absolute atomic E-state index is 0.303. The predicted molar refractivity (Wildman–Crippen MR) is 81.5 cm³/mol. The Morgan fingerprint density at radius 1 is 1.09 bits per heavy atom. The highest BCUT2D eigenvalue weighted by Crippen LogP contribution is 2.13. The van der Waals surface area contributed by atoms with Gasteiger partial charge in [-0.15, -0.1) is 0 Å². The fraction of sp³-hybridized carbons (Fsp3) is 0.400. The van der Waals surface area contributed by atoms with Crippen molar-refractivity contribution in [2.75, 3.05) is 7.05 Å². The first-order valence-corrected chi connectivity index (χ1v) is 7.47. The van der Waals surface area contributed by atoms with E-state index in [0.29, 0.717) is 48.0 Å². The predicted octanol–water partition coefficient (Wildman–Crippen LogP) is 1.45. The second kappa shape index (κ2) is 7.10. The number of likely N-dealkylation sites (N-methyl/N-ethyl adjacent to an activating group) is 1. The van der Waals surface area contributed by atoms with E-state index in [1.807, 2.05) is 25.2 Å². The molecule has 1 N–H and O–H groups in total. The topological polar surface area (TPSA) is 103 Å². The molecule has 120 valence electrons. The van der Waals surface area contributed by atoms with Gasteiger partial charge in [0.1, 0.15) is 5.69 Å². The molecule has 0 saturated heterocycles. The van der Waals surface area contributed by atoms with Crippen molar-refractivity contribution in [2.45, 2.75) is 32.2 Å². The SMILES string of the molecule is CNC(C)Cc1noc(CCc2nc(-c3ccccn3)no2)n1. The highest BCUT2D eigenvalue weighted by Gasteiger charge is 2.13. The van der Waals surface area contributed by atoms with Gasteiger partial charge in [0, 0.05) is 31.5 Å². The van der Waals surface area contributed by atoms with Gasteiger partial charge in [-0.3, -0.25) is 4.98 Å². The number of nitrogens with one attached hydrogen (secondary N) is 1. The first-order valence-electron chi connectivity index (χ1n) is 7.47. The van der Waals surface area contributed by atoms with E-state index >= 15 is 0 Å². The third-order valence-corrected chi connectivity index (χ3v) is 3.41. The highest BCUT2D eigenvalue weighted by molar-refractivity contribution is 5.46. The molecule has 0 spiro atoms. The van der Waals surface area contributed by atoms with Crippen molar-refractivity contribution in [3.63, 3.8) is 0 Å². The van der Waals surface area contributed by atoms with Gasteiger partial charge in [0.25, 0.3) is 0 Å². The van der Waals surface area contributed by atoms with Crippen LogP contribution < -0.4 is 5.32 Å². The van der Waals surface area contributed by atoms with E-state index in [1.165, 1.54) is 0 Å². The lowest BCUT2D eigenvalue weighted by Gasteiger charge is -2.04. The van der Waals surface area contributed by atoms with Crippen LogP contribution in [0, 0.1) is 0 Å². The zero-order chi connectivity index (χ0) is 16.1. The minimum Gasteiger partial charge on any atom is -0.339 e. The molecule has 8 heteroatoms. The van der Waals surface area contributed by atoms with Crippen molar-refractivity contribution < 1.29 is 9.05 Å². The molecule has 3 heterocycles. The van der Waals surface area contributed by atoms with E-state index in [9.17, 15) is 0 Å². The number of rotatable bonds is 7. The Kier molecular flexibility index (Phi) is 4.72. The summed E-state index contributed by atoms with van der Waals surface area (Å²) in [6, 6.07) is 5.86. The van der Waals surface area contributed by atoms with Gasteiger partial charge in [-0.2, -0.15) is 9.97 Å². The van der Waals surface area contributed by atoms with Crippen molar-refractivity contribution in [2.24, 2.45) is 0 Å². The summed E-state index contributed by atoms with van der Waals surface area (Å²) in [7, 11) is 1.90.